The summed E-state index contributed by atoms with van der Waals surface area (Å²) in [5.74, 6) is 0.520. The molecule has 7 heteroatoms. The van der Waals surface area contributed by atoms with Gasteiger partial charge in [-0.15, -0.1) is 0 Å². The minimum Gasteiger partial charge on any atom is -0.365 e. The van der Waals surface area contributed by atoms with Crippen molar-refractivity contribution in [3.8, 4) is 0 Å². The number of hydrogen-bond acceptors (Lipinski definition) is 5. The van der Waals surface area contributed by atoms with Crippen molar-refractivity contribution in [1.29, 1.82) is 0 Å². The van der Waals surface area contributed by atoms with Crippen molar-refractivity contribution in [1.82, 2.24) is 4.98 Å². The summed E-state index contributed by atoms with van der Waals surface area (Å²) >= 11 is 0. The zero-order valence-corrected chi connectivity index (χ0v) is 16.3. The van der Waals surface area contributed by atoms with Crippen molar-refractivity contribution in [3.63, 3.8) is 0 Å². The van der Waals surface area contributed by atoms with Crippen LogP contribution in [0.4, 0.5) is 11.5 Å². The Kier molecular flexibility index (Phi) is 6.11. The van der Waals surface area contributed by atoms with E-state index in [1.165, 1.54) is 12.5 Å². The van der Waals surface area contributed by atoms with Gasteiger partial charge in [-0.2, -0.15) is 0 Å². The molecule has 0 bridgehead atoms. The number of nitrogens with one attached hydrogen (secondary N) is 2. The molecule has 0 atom stereocenters. The molecule has 27 heavy (non-hydrogen) atoms. The number of hydrogen-bond donors (Lipinski definition) is 2. The summed E-state index contributed by atoms with van der Waals surface area (Å²) in [6, 6.07) is 10.7. The Bertz CT molecular complexity index is 906. The summed E-state index contributed by atoms with van der Waals surface area (Å²) in [5, 5.41) is 6.08. The molecule has 1 aromatic heterocycles. The number of pyridine rings is 1. The number of rotatable bonds is 6. The van der Waals surface area contributed by atoms with Crippen LogP contribution in [0, 0.1) is 5.92 Å². The standard InChI is InChI=1S/C20H25N3O3S/c1-27(25,26)18-11-6-12-21-19(18)22-14-15-7-5-10-17(13-15)23-20(24)16-8-3-2-4-9-16/h5-7,10-13,16H,2-4,8-9,14H2,1H3,(H,21,22)(H,23,24). The lowest BCUT2D eigenvalue weighted by molar-refractivity contribution is -0.120. The number of nitrogens with zero attached hydrogens (tertiary/aromatic N) is 1. The van der Waals surface area contributed by atoms with E-state index in [0.29, 0.717) is 12.4 Å². The van der Waals surface area contributed by atoms with Gasteiger partial charge in [0.15, 0.2) is 9.84 Å². The fourth-order valence-corrected chi connectivity index (χ4v) is 4.18. The molecule has 6 nitrogen and oxygen atoms in total. The number of aromatic nitrogens is 1. The number of carbonyl (C=O) groups excluding carboxylic acids is 1. The highest BCUT2D eigenvalue weighted by Crippen LogP contribution is 2.25. The van der Waals surface area contributed by atoms with Crippen molar-refractivity contribution < 1.29 is 13.2 Å². The Morgan fingerprint density at radius 1 is 1.15 bits per heavy atom. The molecule has 0 spiro atoms. The highest BCUT2D eigenvalue weighted by molar-refractivity contribution is 7.90. The third-order valence-corrected chi connectivity index (χ3v) is 5.93. The molecule has 3 rings (SSSR count). The third kappa shape index (κ3) is 5.29. The fourth-order valence-electron chi connectivity index (χ4n) is 3.38. The first-order valence-corrected chi connectivity index (χ1v) is 11.1. The number of anilines is 2. The summed E-state index contributed by atoms with van der Waals surface area (Å²) in [5.41, 5.74) is 1.69. The van der Waals surface area contributed by atoms with E-state index in [1.807, 2.05) is 24.3 Å². The highest BCUT2D eigenvalue weighted by Gasteiger charge is 2.21. The van der Waals surface area contributed by atoms with Gasteiger partial charge in [0.1, 0.15) is 10.7 Å². The average Bonchev–Trinajstić information content (AvgIpc) is 2.67. The molecule has 0 saturated heterocycles. The van der Waals surface area contributed by atoms with E-state index in [4.69, 9.17) is 0 Å². The summed E-state index contributed by atoms with van der Waals surface area (Å²) in [4.78, 5) is 16.7. The molecule has 144 valence electrons. The lowest BCUT2D eigenvalue weighted by Crippen LogP contribution is -2.24. The second-order valence-corrected chi connectivity index (χ2v) is 8.98. The van der Waals surface area contributed by atoms with Gasteiger partial charge in [0.2, 0.25) is 5.91 Å². The van der Waals surface area contributed by atoms with Crippen LogP contribution in [0.1, 0.15) is 37.7 Å². The average molecular weight is 388 g/mol. The second-order valence-electron chi connectivity index (χ2n) is 7.00. The van der Waals surface area contributed by atoms with E-state index in [0.717, 1.165) is 43.2 Å². The van der Waals surface area contributed by atoms with Gasteiger partial charge < -0.3 is 10.6 Å². The van der Waals surface area contributed by atoms with Crippen LogP contribution in [0.15, 0.2) is 47.5 Å². The largest absolute Gasteiger partial charge is 0.365 e. The van der Waals surface area contributed by atoms with E-state index in [-0.39, 0.29) is 16.7 Å². The van der Waals surface area contributed by atoms with Crippen molar-refractivity contribution in [2.45, 2.75) is 43.5 Å². The molecule has 0 unspecified atom stereocenters. The van der Waals surface area contributed by atoms with E-state index >= 15 is 0 Å². The minimum atomic E-state index is -3.36. The first-order chi connectivity index (χ1) is 12.9. The summed E-state index contributed by atoms with van der Waals surface area (Å²) in [7, 11) is -3.36. The molecule has 1 aliphatic rings. The van der Waals surface area contributed by atoms with Crippen LogP contribution < -0.4 is 10.6 Å². The molecule has 1 heterocycles. The van der Waals surface area contributed by atoms with Gasteiger partial charge in [-0.25, -0.2) is 13.4 Å². The summed E-state index contributed by atoms with van der Waals surface area (Å²) < 4.78 is 23.7. The predicted molar refractivity (Wildman–Crippen MR) is 106 cm³/mol. The summed E-state index contributed by atoms with van der Waals surface area (Å²) in [6.45, 7) is 0.409. The molecular formula is C20H25N3O3S. The maximum Gasteiger partial charge on any atom is 0.227 e. The van der Waals surface area contributed by atoms with Crippen LogP contribution in [0.25, 0.3) is 0 Å². The van der Waals surface area contributed by atoms with Crippen LogP contribution >= 0.6 is 0 Å². The van der Waals surface area contributed by atoms with Crippen LogP contribution in [0.3, 0.4) is 0 Å². The number of carbonyl (C=O) groups is 1. The van der Waals surface area contributed by atoms with Crippen molar-refractivity contribution >= 4 is 27.2 Å². The molecule has 1 aromatic carbocycles. The molecule has 0 radical (unpaired) electrons. The Hall–Kier alpha value is -2.41. The number of benzene rings is 1. The molecule has 2 aromatic rings. The minimum absolute atomic E-state index is 0.0869. The van der Waals surface area contributed by atoms with Crippen LogP contribution in [0.5, 0.6) is 0 Å². The highest BCUT2D eigenvalue weighted by atomic mass is 32.2. The van der Waals surface area contributed by atoms with Gasteiger partial charge in [-0.1, -0.05) is 31.4 Å². The van der Waals surface area contributed by atoms with Gasteiger partial charge in [-0.3, -0.25) is 4.79 Å². The van der Waals surface area contributed by atoms with E-state index in [1.54, 1.807) is 12.3 Å². The van der Waals surface area contributed by atoms with Gasteiger partial charge in [0.05, 0.1) is 0 Å². The Morgan fingerprint density at radius 2 is 1.93 bits per heavy atom. The fraction of sp³-hybridized carbons (Fsp3) is 0.400. The summed E-state index contributed by atoms with van der Waals surface area (Å²) in [6.07, 6.45) is 8.09. The van der Waals surface area contributed by atoms with E-state index in [2.05, 4.69) is 15.6 Å². The zero-order chi connectivity index (χ0) is 19.3. The predicted octanol–water partition coefficient (Wildman–Crippen LogP) is 3.62. The van der Waals surface area contributed by atoms with Gasteiger partial charge in [0, 0.05) is 30.6 Å². The van der Waals surface area contributed by atoms with Crippen LogP contribution in [-0.4, -0.2) is 25.6 Å². The Labute approximate surface area is 160 Å². The third-order valence-electron chi connectivity index (χ3n) is 4.80. The molecule has 1 amide bonds. The Morgan fingerprint density at radius 3 is 2.67 bits per heavy atom. The zero-order valence-electron chi connectivity index (χ0n) is 15.4. The van der Waals surface area contributed by atoms with Gasteiger partial charge >= 0.3 is 0 Å². The molecule has 0 aliphatic heterocycles. The molecule has 1 saturated carbocycles. The first-order valence-electron chi connectivity index (χ1n) is 9.22. The van der Waals surface area contributed by atoms with Crippen molar-refractivity contribution in [3.05, 3.63) is 48.2 Å². The first kappa shape index (κ1) is 19.4. The maximum absolute atomic E-state index is 12.4. The lowest BCUT2D eigenvalue weighted by Gasteiger charge is -2.21. The van der Waals surface area contributed by atoms with E-state index < -0.39 is 9.84 Å². The monoisotopic (exact) mass is 387 g/mol. The van der Waals surface area contributed by atoms with E-state index in [9.17, 15) is 13.2 Å². The molecule has 2 N–H and O–H groups in total. The Balaban J connectivity index is 1.65. The normalized spacial score (nSPS) is 15.3. The molecule has 1 fully saturated rings. The topological polar surface area (TPSA) is 88.2 Å². The smallest absolute Gasteiger partial charge is 0.227 e. The van der Waals surface area contributed by atoms with Crippen molar-refractivity contribution in [2.75, 3.05) is 16.9 Å². The molecule has 1 aliphatic carbocycles. The van der Waals surface area contributed by atoms with Gasteiger partial charge in [0.25, 0.3) is 0 Å². The maximum atomic E-state index is 12.4. The van der Waals surface area contributed by atoms with Crippen molar-refractivity contribution in [2.24, 2.45) is 5.92 Å². The molecular weight excluding hydrogens is 362 g/mol. The SMILES string of the molecule is CS(=O)(=O)c1cccnc1NCc1cccc(NC(=O)C2CCCCC2)c1. The number of sulfone groups is 1. The lowest BCUT2D eigenvalue weighted by atomic mass is 9.88. The second kappa shape index (κ2) is 8.52. The quantitative estimate of drug-likeness (QED) is 0.790. The van der Waals surface area contributed by atoms with Crippen LogP contribution in [-0.2, 0) is 21.2 Å². The number of amides is 1. The van der Waals surface area contributed by atoms with Gasteiger partial charge in [-0.05, 0) is 42.7 Å². The van der Waals surface area contributed by atoms with Crippen LogP contribution in [0.2, 0.25) is 0 Å².